The lowest BCUT2D eigenvalue weighted by atomic mass is 10.1. The number of nitrogens with two attached hydrogens (primary N) is 1. The fraction of sp³-hybridized carbons (Fsp3) is 0.524. The Balaban J connectivity index is 1.18. The molecule has 0 aliphatic carbocycles. The van der Waals surface area contributed by atoms with Gasteiger partial charge in [-0.05, 0) is 0 Å². The third kappa shape index (κ3) is 5.33. The van der Waals surface area contributed by atoms with Crippen molar-refractivity contribution in [1.29, 1.82) is 5.41 Å². The summed E-state index contributed by atoms with van der Waals surface area (Å²) in [7, 11) is -10.3. The van der Waals surface area contributed by atoms with Crippen LogP contribution >= 0.6 is 15.6 Å². The standard InChI is InChI=1S/C21H24FN9O13P2/c22-6-1-30(16-9(6)15(23)25-4-26-16)19-12(33)13-8(42-19)3-40-46(37,38)44-14-11(32)7(2-39-45(35,36)43-13)41-20(14)31-5-27-10-17(31)28-21(24)29-18(10)34/h1,4-5,7-8,10-14,19-20,32-33H,2-3H2,(H,35,36)(H,37,38)(H2,23,25,26)(H2,24,29,34)/t7-,8-,10?,11-,12-,13-,14-,19-,20-/m1/s1. The Labute approximate surface area is 255 Å². The van der Waals surface area contributed by atoms with E-state index in [1.807, 2.05) is 0 Å². The number of carbonyl (C=O) groups is 1. The maximum Gasteiger partial charge on any atom is 0.472 e. The number of fused-ring (bicyclic) bond motifs is 5. The molecule has 3 saturated heterocycles. The summed E-state index contributed by atoms with van der Waals surface area (Å²) in [4.78, 5) is 50.2. The summed E-state index contributed by atoms with van der Waals surface area (Å²) in [5.41, 5.74) is 5.64. The minimum absolute atomic E-state index is 0.111. The van der Waals surface area contributed by atoms with Gasteiger partial charge in [-0.15, -0.1) is 0 Å². The average molecular weight is 691 g/mol. The molecule has 2 aromatic rings. The first-order chi connectivity index (χ1) is 21.7. The van der Waals surface area contributed by atoms with E-state index < -0.39 is 102 Å². The van der Waals surface area contributed by atoms with Gasteiger partial charge in [0.2, 0.25) is 5.96 Å². The topological polar surface area (TPSA) is 308 Å². The number of phosphoric ester groups is 2. The molecule has 25 heteroatoms. The SMILES string of the molecule is N=C1N=C2C(N=CN2[C@@H]2O[C@@H]3COP(=O)(O)O[C@H]4[C@@H](O)[C@H](n5cc(F)c6c(N)ncnc65)O[C@@H]4COP(=O)(O)O[C@@H]2[C@@H]3O)C(=O)N1. The Morgan fingerprint density at radius 2 is 1.70 bits per heavy atom. The number of amidine groups is 1. The van der Waals surface area contributed by atoms with Crippen molar-refractivity contribution >= 4 is 56.5 Å². The number of phosphoric acid groups is 2. The third-order valence-electron chi connectivity index (χ3n) is 7.64. The summed E-state index contributed by atoms with van der Waals surface area (Å²) in [6.07, 6.45) is -10.4. The number of aliphatic imine (C=N–C) groups is 2. The molecule has 0 saturated carbocycles. The van der Waals surface area contributed by atoms with Crippen LogP contribution in [0.25, 0.3) is 11.0 Å². The van der Waals surface area contributed by atoms with E-state index in [2.05, 4.69) is 25.3 Å². The van der Waals surface area contributed by atoms with E-state index in [-0.39, 0.29) is 22.7 Å². The second-order valence-corrected chi connectivity index (χ2v) is 13.3. The smallest absolute Gasteiger partial charge is 0.387 e. The van der Waals surface area contributed by atoms with Gasteiger partial charge in [-0.2, -0.15) is 4.99 Å². The first kappa shape index (κ1) is 31.3. The number of aliphatic hydroxyl groups is 2. The second kappa shape index (κ2) is 11.1. The number of amides is 1. The number of hydrogen-bond acceptors (Lipinski definition) is 17. The van der Waals surface area contributed by atoms with Crippen molar-refractivity contribution in [2.24, 2.45) is 9.98 Å². The predicted molar refractivity (Wildman–Crippen MR) is 145 cm³/mol. The Kier molecular flexibility index (Phi) is 7.58. The quantitative estimate of drug-likeness (QED) is 0.163. The largest absolute Gasteiger partial charge is 0.472 e. The van der Waals surface area contributed by atoms with Crippen LogP contribution in [0.4, 0.5) is 10.2 Å². The highest BCUT2D eigenvalue weighted by Crippen LogP contribution is 2.53. The number of hydrogen-bond donors (Lipinski definition) is 7. The number of guanidine groups is 1. The van der Waals surface area contributed by atoms with Crippen LogP contribution in [-0.4, -0.2) is 126 Å². The number of halogens is 1. The van der Waals surface area contributed by atoms with Crippen LogP contribution in [0.5, 0.6) is 0 Å². The molecular formula is C21H24FN9O13P2. The predicted octanol–water partition coefficient (Wildman–Crippen LogP) is -2.31. The molecule has 2 bridgehead atoms. The molecule has 0 aromatic carbocycles. The van der Waals surface area contributed by atoms with Gasteiger partial charge in [0, 0.05) is 6.20 Å². The maximum atomic E-state index is 14.7. The minimum Gasteiger partial charge on any atom is -0.387 e. The highest BCUT2D eigenvalue weighted by Gasteiger charge is 2.56. The van der Waals surface area contributed by atoms with E-state index in [9.17, 15) is 38.3 Å². The maximum absolute atomic E-state index is 14.7. The van der Waals surface area contributed by atoms with Crippen LogP contribution in [0, 0.1) is 11.2 Å². The average Bonchev–Trinajstić information content (AvgIpc) is 3.71. The number of carbonyl (C=O) groups excluding carboxylic acids is 1. The summed E-state index contributed by atoms with van der Waals surface area (Å²) < 4.78 is 74.2. The zero-order valence-electron chi connectivity index (χ0n) is 22.8. The molecule has 46 heavy (non-hydrogen) atoms. The van der Waals surface area contributed by atoms with E-state index >= 15 is 0 Å². The van der Waals surface area contributed by atoms with Crippen molar-refractivity contribution in [3.05, 3.63) is 18.3 Å². The van der Waals surface area contributed by atoms with Crippen LogP contribution in [-0.2, 0) is 41.5 Å². The van der Waals surface area contributed by atoms with Crippen LogP contribution in [0.2, 0.25) is 0 Å². The van der Waals surface area contributed by atoms with E-state index in [4.69, 9.17) is 38.7 Å². The summed E-state index contributed by atoms with van der Waals surface area (Å²) >= 11 is 0. The Hall–Kier alpha value is -3.31. The molecule has 248 valence electrons. The van der Waals surface area contributed by atoms with Gasteiger partial charge in [0.15, 0.2) is 35.8 Å². The first-order valence-electron chi connectivity index (χ1n) is 13.3. The van der Waals surface area contributed by atoms with Crippen LogP contribution in [0.15, 0.2) is 22.5 Å². The Morgan fingerprint density at radius 1 is 1.02 bits per heavy atom. The van der Waals surface area contributed by atoms with Gasteiger partial charge in [0.1, 0.15) is 48.8 Å². The molecule has 5 aliphatic heterocycles. The zero-order valence-corrected chi connectivity index (χ0v) is 24.6. The van der Waals surface area contributed by atoms with Crippen molar-refractivity contribution in [2.45, 2.75) is 55.1 Å². The fourth-order valence-electron chi connectivity index (χ4n) is 5.60. The number of nitrogen functional groups attached to an aromatic ring is 1. The van der Waals surface area contributed by atoms with Crippen LogP contribution in [0.1, 0.15) is 6.23 Å². The molecule has 2 aromatic heterocycles. The van der Waals surface area contributed by atoms with E-state index in [0.29, 0.717) is 0 Å². The van der Waals surface area contributed by atoms with Gasteiger partial charge in [-0.3, -0.25) is 43.5 Å². The van der Waals surface area contributed by atoms with Crippen molar-refractivity contribution in [2.75, 3.05) is 18.9 Å². The van der Waals surface area contributed by atoms with Gasteiger partial charge >= 0.3 is 15.6 Å². The lowest BCUT2D eigenvalue weighted by molar-refractivity contribution is -0.119. The van der Waals surface area contributed by atoms with E-state index in [1.54, 1.807) is 0 Å². The molecule has 5 aliphatic rings. The van der Waals surface area contributed by atoms with Gasteiger partial charge < -0.3 is 39.8 Å². The zero-order chi connectivity index (χ0) is 32.7. The monoisotopic (exact) mass is 691 g/mol. The Morgan fingerprint density at radius 3 is 2.43 bits per heavy atom. The number of anilines is 1. The van der Waals surface area contributed by atoms with E-state index in [1.165, 1.54) is 0 Å². The summed E-state index contributed by atoms with van der Waals surface area (Å²) in [6.45, 7) is -1.78. The van der Waals surface area contributed by atoms with Gasteiger partial charge in [-0.25, -0.2) is 23.5 Å². The van der Waals surface area contributed by atoms with Gasteiger partial charge in [0.05, 0.1) is 24.9 Å². The number of aliphatic hydroxyl groups excluding tert-OH is 2. The molecule has 7 rings (SSSR count). The summed E-state index contributed by atoms with van der Waals surface area (Å²) in [5.74, 6) is -2.44. The molecule has 0 spiro atoms. The van der Waals surface area contributed by atoms with Gasteiger partial charge in [-0.1, -0.05) is 0 Å². The molecular weight excluding hydrogens is 667 g/mol. The molecule has 3 fully saturated rings. The molecule has 22 nitrogen and oxygen atoms in total. The van der Waals surface area contributed by atoms with Crippen molar-refractivity contribution in [3.63, 3.8) is 0 Å². The minimum atomic E-state index is -5.17. The van der Waals surface area contributed by atoms with E-state index in [0.717, 1.165) is 28.3 Å². The van der Waals surface area contributed by atoms with Crippen molar-refractivity contribution in [3.8, 4) is 0 Å². The number of nitrogens with zero attached hydrogens (tertiary/aromatic N) is 6. The molecule has 1 amide bonds. The van der Waals surface area contributed by atoms with Gasteiger partial charge in [0.25, 0.3) is 5.91 Å². The lowest BCUT2D eigenvalue weighted by Crippen LogP contribution is -2.53. The third-order valence-corrected chi connectivity index (χ3v) is 9.61. The molecule has 11 atom stereocenters. The molecule has 7 heterocycles. The van der Waals surface area contributed by atoms with Crippen LogP contribution < -0.4 is 11.1 Å². The summed E-state index contributed by atoms with van der Waals surface area (Å²) in [5, 5.41) is 31.8. The number of aromatic nitrogens is 3. The van der Waals surface area contributed by atoms with Crippen LogP contribution in [0.3, 0.4) is 0 Å². The number of rotatable bonds is 2. The number of nitrogens with one attached hydrogen (secondary N) is 2. The second-order valence-electron chi connectivity index (χ2n) is 10.5. The molecule has 8 N–H and O–H groups in total. The first-order valence-corrected chi connectivity index (χ1v) is 16.3. The molecule has 3 unspecified atom stereocenters. The molecule has 0 radical (unpaired) electrons. The van der Waals surface area contributed by atoms with Crippen molar-refractivity contribution < 1.29 is 65.9 Å². The highest BCUT2D eigenvalue weighted by atomic mass is 31.2. The fourth-order valence-corrected chi connectivity index (χ4v) is 7.50. The normalized spacial score (nSPS) is 41.4. The number of ether oxygens (including phenoxy) is 2. The highest BCUT2D eigenvalue weighted by molar-refractivity contribution is 7.47. The summed E-state index contributed by atoms with van der Waals surface area (Å²) in [6, 6.07) is -1.20. The lowest BCUT2D eigenvalue weighted by Gasteiger charge is -2.31. The Bertz CT molecular complexity index is 1780. The van der Waals surface area contributed by atoms with Crippen molar-refractivity contribution in [1.82, 2.24) is 24.8 Å².